The molecule has 1 nitrogen and oxygen atoms in total. The second-order valence-electron chi connectivity index (χ2n) is 9.55. The van der Waals surface area contributed by atoms with Crippen LogP contribution in [0, 0.1) is 23.4 Å². The lowest BCUT2D eigenvalue weighted by Crippen LogP contribution is -2.13. The third-order valence-corrected chi connectivity index (χ3v) is 7.39. The van der Waals surface area contributed by atoms with Crippen LogP contribution in [0.2, 0.25) is 0 Å². The number of aryl methyl sites for hydroxylation is 2. The Hall–Kier alpha value is -2.85. The zero-order chi connectivity index (χ0) is 23.7. The number of hydrogen-bond donors (Lipinski definition) is 0. The molecule has 2 fully saturated rings. The molecule has 34 heavy (non-hydrogen) atoms. The van der Waals surface area contributed by atoms with Crippen LogP contribution in [0.3, 0.4) is 0 Å². The van der Waals surface area contributed by atoms with E-state index in [9.17, 15) is 8.78 Å². The van der Waals surface area contributed by atoms with Crippen molar-refractivity contribution < 1.29 is 17.9 Å². The summed E-state index contributed by atoms with van der Waals surface area (Å²) in [6, 6.07) is 16.2. The summed E-state index contributed by atoms with van der Waals surface area (Å²) >= 11 is 0. The Morgan fingerprint density at radius 2 is 1.59 bits per heavy atom. The average Bonchev–Trinajstić information content (AvgIpc) is 3.71. The first-order valence-corrected chi connectivity index (χ1v) is 12.1. The Balaban J connectivity index is 1.26. The molecule has 3 aromatic rings. The summed E-state index contributed by atoms with van der Waals surface area (Å²) in [7, 11) is 0. The quantitative estimate of drug-likeness (QED) is 0.255. The van der Waals surface area contributed by atoms with Crippen LogP contribution in [-0.4, -0.2) is 6.61 Å². The first kappa shape index (κ1) is 22.9. The molecule has 4 heteroatoms. The second-order valence-corrected chi connectivity index (χ2v) is 9.55. The van der Waals surface area contributed by atoms with Crippen molar-refractivity contribution in [2.75, 3.05) is 6.61 Å². The van der Waals surface area contributed by atoms with E-state index in [1.807, 2.05) is 42.5 Å². The molecule has 0 radical (unpaired) electrons. The highest BCUT2D eigenvalue weighted by Gasteiger charge is 2.26. The standard InChI is InChI=1S/C30H29F3O/c1-2-19-3-8-21(9-4-19)25-15-16-26(30(33)29(25)32)22-10-5-20(6-11-22)7-12-23-13-14-24(17-27(23)31)28-18-34-28/h2,5-6,10-11,13-17,19,21,28H,1,3-4,7-9,12,18H2. The summed E-state index contributed by atoms with van der Waals surface area (Å²) in [6.45, 7) is 4.51. The number of benzene rings is 3. The predicted molar refractivity (Wildman–Crippen MR) is 129 cm³/mol. The lowest BCUT2D eigenvalue weighted by molar-refractivity contribution is 0.364. The van der Waals surface area contributed by atoms with Crippen molar-refractivity contribution >= 4 is 0 Å². The van der Waals surface area contributed by atoms with Crippen molar-refractivity contribution in [2.45, 2.75) is 50.5 Å². The van der Waals surface area contributed by atoms with E-state index in [1.165, 1.54) is 0 Å². The first-order valence-electron chi connectivity index (χ1n) is 12.1. The normalized spacial score (nSPS) is 21.9. The van der Waals surface area contributed by atoms with E-state index in [-0.39, 0.29) is 23.4 Å². The van der Waals surface area contributed by atoms with Crippen LogP contribution in [0.5, 0.6) is 0 Å². The van der Waals surface area contributed by atoms with E-state index in [1.54, 1.807) is 18.2 Å². The van der Waals surface area contributed by atoms with Crippen molar-refractivity contribution in [1.82, 2.24) is 0 Å². The van der Waals surface area contributed by atoms with Crippen molar-refractivity contribution in [3.63, 3.8) is 0 Å². The number of allylic oxidation sites excluding steroid dienone is 1. The maximum Gasteiger partial charge on any atom is 0.166 e. The summed E-state index contributed by atoms with van der Waals surface area (Å²) in [5.74, 6) is -1.17. The Morgan fingerprint density at radius 1 is 0.853 bits per heavy atom. The van der Waals surface area contributed by atoms with Gasteiger partial charge in [0.05, 0.1) is 6.61 Å². The number of ether oxygens (including phenoxy) is 1. The van der Waals surface area contributed by atoms with Gasteiger partial charge in [0.2, 0.25) is 0 Å². The number of epoxide rings is 1. The van der Waals surface area contributed by atoms with E-state index < -0.39 is 11.6 Å². The van der Waals surface area contributed by atoms with Crippen LogP contribution < -0.4 is 0 Å². The van der Waals surface area contributed by atoms with Crippen LogP contribution in [-0.2, 0) is 17.6 Å². The predicted octanol–water partition coefficient (Wildman–Crippen LogP) is 8.09. The van der Waals surface area contributed by atoms with Gasteiger partial charge < -0.3 is 4.74 Å². The van der Waals surface area contributed by atoms with Gasteiger partial charge in [-0.05, 0) is 84.2 Å². The molecule has 1 aliphatic carbocycles. The highest BCUT2D eigenvalue weighted by molar-refractivity contribution is 5.65. The van der Waals surface area contributed by atoms with Gasteiger partial charge in [-0.3, -0.25) is 0 Å². The van der Waals surface area contributed by atoms with Crippen LogP contribution >= 0.6 is 0 Å². The molecule has 5 rings (SSSR count). The van der Waals surface area contributed by atoms with Crippen LogP contribution in [0.25, 0.3) is 11.1 Å². The summed E-state index contributed by atoms with van der Waals surface area (Å²) < 4.78 is 49.6. The molecule has 1 saturated heterocycles. The molecule has 1 aliphatic heterocycles. The van der Waals surface area contributed by atoms with E-state index in [0.29, 0.717) is 42.1 Å². The van der Waals surface area contributed by atoms with Crippen LogP contribution in [0.15, 0.2) is 67.3 Å². The van der Waals surface area contributed by atoms with E-state index >= 15 is 4.39 Å². The maximum absolute atomic E-state index is 15.0. The maximum atomic E-state index is 15.0. The number of halogens is 3. The second kappa shape index (κ2) is 9.79. The highest BCUT2D eigenvalue weighted by atomic mass is 19.2. The van der Waals surface area contributed by atoms with Gasteiger partial charge in [0.15, 0.2) is 11.6 Å². The minimum absolute atomic E-state index is 0.0441. The number of hydrogen-bond acceptors (Lipinski definition) is 1. The molecule has 0 amide bonds. The average molecular weight is 463 g/mol. The smallest absolute Gasteiger partial charge is 0.166 e. The van der Waals surface area contributed by atoms with Crippen molar-refractivity contribution in [1.29, 1.82) is 0 Å². The van der Waals surface area contributed by atoms with E-state index in [0.717, 1.165) is 36.8 Å². The van der Waals surface area contributed by atoms with Crippen LogP contribution in [0.4, 0.5) is 13.2 Å². The fraction of sp³-hybridized carbons (Fsp3) is 0.333. The van der Waals surface area contributed by atoms with Gasteiger partial charge in [-0.15, -0.1) is 6.58 Å². The van der Waals surface area contributed by atoms with Gasteiger partial charge in [-0.1, -0.05) is 54.6 Å². The molecule has 1 saturated carbocycles. The van der Waals surface area contributed by atoms with Gasteiger partial charge in [0.1, 0.15) is 11.9 Å². The fourth-order valence-electron chi connectivity index (χ4n) is 5.11. The van der Waals surface area contributed by atoms with E-state index in [4.69, 9.17) is 4.74 Å². The summed E-state index contributed by atoms with van der Waals surface area (Å²) in [6.07, 6.45) is 6.92. The molecule has 0 bridgehead atoms. The van der Waals surface area contributed by atoms with Gasteiger partial charge in [-0.25, -0.2) is 13.2 Å². The SMILES string of the molecule is C=CC1CCC(c2ccc(-c3ccc(CCc4ccc(C5CO5)cc4F)cc3)c(F)c2F)CC1. The molecule has 176 valence electrons. The molecular weight excluding hydrogens is 433 g/mol. The third kappa shape index (κ3) is 4.83. The summed E-state index contributed by atoms with van der Waals surface area (Å²) in [4.78, 5) is 0. The molecule has 1 atom stereocenters. The highest BCUT2D eigenvalue weighted by Crippen LogP contribution is 2.39. The summed E-state index contributed by atoms with van der Waals surface area (Å²) in [5.41, 5.74) is 3.98. The van der Waals surface area contributed by atoms with Crippen LogP contribution in [0.1, 0.15) is 60.0 Å². The van der Waals surface area contributed by atoms with Gasteiger partial charge in [-0.2, -0.15) is 0 Å². The number of rotatable bonds is 7. The minimum Gasteiger partial charge on any atom is -0.368 e. The zero-order valence-corrected chi connectivity index (χ0v) is 19.2. The van der Waals surface area contributed by atoms with Crippen molar-refractivity contribution in [3.8, 4) is 11.1 Å². The Bertz CT molecular complexity index is 1170. The molecule has 0 spiro atoms. The first-order chi connectivity index (χ1) is 16.5. The Morgan fingerprint density at radius 3 is 2.24 bits per heavy atom. The van der Waals surface area contributed by atoms with Crippen molar-refractivity contribution in [2.24, 2.45) is 5.92 Å². The van der Waals surface area contributed by atoms with Gasteiger partial charge >= 0.3 is 0 Å². The van der Waals surface area contributed by atoms with Gasteiger partial charge in [0, 0.05) is 5.56 Å². The Kier molecular flexibility index (Phi) is 6.60. The fourth-order valence-corrected chi connectivity index (χ4v) is 5.11. The van der Waals surface area contributed by atoms with Gasteiger partial charge in [0.25, 0.3) is 0 Å². The largest absolute Gasteiger partial charge is 0.368 e. The topological polar surface area (TPSA) is 12.5 Å². The lowest BCUT2D eigenvalue weighted by atomic mass is 9.78. The molecule has 0 N–H and O–H groups in total. The minimum atomic E-state index is -0.780. The van der Waals surface area contributed by atoms with Crippen molar-refractivity contribution in [3.05, 3.63) is 107 Å². The molecule has 0 aromatic heterocycles. The third-order valence-electron chi connectivity index (χ3n) is 7.39. The molecule has 2 aliphatic rings. The lowest BCUT2D eigenvalue weighted by Gasteiger charge is -2.27. The molecular formula is C30H29F3O. The monoisotopic (exact) mass is 462 g/mol. The Labute approximate surface area is 199 Å². The summed E-state index contributed by atoms with van der Waals surface area (Å²) in [5, 5.41) is 0. The zero-order valence-electron chi connectivity index (χ0n) is 19.2. The van der Waals surface area contributed by atoms with E-state index in [2.05, 4.69) is 6.58 Å². The molecule has 1 unspecified atom stereocenters. The molecule has 3 aromatic carbocycles. The molecule has 1 heterocycles.